The largest absolute Gasteiger partial charge is 0.468 e. The van der Waals surface area contributed by atoms with Crippen LogP contribution in [0.1, 0.15) is 32.6 Å². The lowest BCUT2D eigenvalue weighted by Gasteiger charge is -2.34. The van der Waals surface area contributed by atoms with Gasteiger partial charge in [0.1, 0.15) is 6.61 Å². The Hall–Kier alpha value is -3.93. The topological polar surface area (TPSA) is 81.7 Å². The van der Waals surface area contributed by atoms with Gasteiger partial charge in [-0.15, -0.1) is 0 Å². The predicted molar refractivity (Wildman–Crippen MR) is 127 cm³/mol. The van der Waals surface area contributed by atoms with Gasteiger partial charge in [0.25, 0.3) is 0 Å². The zero-order chi connectivity index (χ0) is 24.1. The van der Waals surface area contributed by atoms with Crippen LogP contribution in [0.2, 0.25) is 0 Å². The van der Waals surface area contributed by atoms with E-state index in [1.807, 2.05) is 79.7 Å². The molecule has 0 aliphatic heterocycles. The smallest absolute Gasteiger partial charge is 0.407 e. The molecular formula is C28H27NO5. The van der Waals surface area contributed by atoms with Crippen LogP contribution < -0.4 is 5.32 Å². The number of alkyl carbamates (subject to hydrolysis) is 1. The molecule has 0 heterocycles. The number of amides is 1. The Bertz CT molecular complexity index is 1190. The summed E-state index contributed by atoms with van der Waals surface area (Å²) in [6, 6.07) is 23.4. The Morgan fingerprint density at radius 2 is 1.62 bits per heavy atom. The first kappa shape index (κ1) is 23.2. The molecule has 0 aromatic heterocycles. The van der Waals surface area contributed by atoms with Crippen molar-refractivity contribution >= 4 is 17.8 Å². The van der Waals surface area contributed by atoms with Crippen LogP contribution in [-0.4, -0.2) is 31.0 Å². The van der Waals surface area contributed by atoms with Crippen molar-refractivity contribution in [3.8, 4) is 0 Å². The maximum atomic E-state index is 13.8. The van der Waals surface area contributed by atoms with E-state index in [0.29, 0.717) is 5.56 Å². The van der Waals surface area contributed by atoms with Crippen LogP contribution >= 0.6 is 0 Å². The highest BCUT2D eigenvalue weighted by atomic mass is 16.5. The van der Waals surface area contributed by atoms with E-state index in [1.165, 1.54) is 7.11 Å². The van der Waals surface area contributed by atoms with Gasteiger partial charge in [-0.05, 0) is 42.5 Å². The van der Waals surface area contributed by atoms with Gasteiger partial charge in [-0.3, -0.25) is 9.59 Å². The van der Waals surface area contributed by atoms with Crippen molar-refractivity contribution in [2.24, 2.45) is 5.41 Å². The number of hydrogen-bond donors (Lipinski definition) is 1. The molecule has 3 aromatic rings. The number of benzene rings is 3. The number of esters is 1. The van der Waals surface area contributed by atoms with Crippen molar-refractivity contribution in [2.45, 2.75) is 32.4 Å². The third-order valence-corrected chi connectivity index (χ3v) is 6.32. The second kappa shape index (κ2) is 9.91. The average molecular weight is 458 g/mol. The standard InChI is InChI=1S/C28H27NO5/c1-19-13-14-22-17-28(26(31)33-2,25(30)23(22)15-19)24(16-20-9-5-3-6-10-20)29-27(32)34-18-21-11-7-4-8-12-21/h3-15,24H,16-18H2,1-2H3,(H,29,32). The molecule has 0 saturated carbocycles. The van der Waals surface area contributed by atoms with E-state index in [-0.39, 0.29) is 25.2 Å². The maximum absolute atomic E-state index is 13.8. The maximum Gasteiger partial charge on any atom is 0.407 e. The summed E-state index contributed by atoms with van der Waals surface area (Å²) in [5.74, 6) is -1.02. The van der Waals surface area contributed by atoms with Crippen LogP contribution in [0, 0.1) is 12.3 Å². The summed E-state index contributed by atoms with van der Waals surface area (Å²) in [6.45, 7) is 1.97. The number of ketones is 1. The Labute approximate surface area is 198 Å². The van der Waals surface area contributed by atoms with Crippen molar-refractivity contribution in [1.82, 2.24) is 5.32 Å². The fourth-order valence-corrected chi connectivity index (χ4v) is 4.55. The zero-order valence-corrected chi connectivity index (χ0v) is 19.2. The van der Waals surface area contributed by atoms with Gasteiger partial charge in [0, 0.05) is 5.56 Å². The number of nitrogens with one attached hydrogen (secondary N) is 1. The summed E-state index contributed by atoms with van der Waals surface area (Å²) < 4.78 is 10.6. The number of rotatable bonds is 7. The number of aryl methyl sites for hydroxylation is 1. The van der Waals surface area contributed by atoms with Gasteiger partial charge < -0.3 is 14.8 Å². The van der Waals surface area contributed by atoms with E-state index >= 15 is 0 Å². The molecular weight excluding hydrogens is 430 g/mol. The first-order valence-corrected chi connectivity index (χ1v) is 11.2. The average Bonchev–Trinajstić information content (AvgIpc) is 3.15. The summed E-state index contributed by atoms with van der Waals surface area (Å²) in [4.78, 5) is 39.9. The van der Waals surface area contributed by atoms with Gasteiger partial charge in [-0.1, -0.05) is 78.4 Å². The summed E-state index contributed by atoms with van der Waals surface area (Å²) >= 11 is 0. The quantitative estimate of drug-likeness (QED) is 0.419. The van der Waals surface area contributed by atoms with Gasteiger partial charge in [-0.25, -0.2) is 4.79 Å². The number of hydrogen-bond acceptors (Lipinski definition) is 5. The van der Waals surface area contributed by atoms with Crippen LogP contribution in [0.15, 0.2) is 78.9 Å². The molecule has 0 radical (unpaired) electrons. The van der Waals surface area contributed by atoms with Crippen molar-refractivity contribution < 1.29 is 23.9 Å². The predicted octanol–water partition coefficient (Wildman–Crippen LogP) is 4.43. The number of methoxy groups -OCH3 is 1. The van der Waals surface area contributed by atoms with Crippen molar-refractivity contribution in [3.05, 3.63) is 107 Å². The van der Waals surface area contributed by atoms with Crippen LogP contribution in [-0.2, 0) is 33.7 Å². The summed E-state index contributed by atoms with van der Waals surface area (Å²) in [5.41, 5.74) is 2.29. The minimum absolute atomic E-state index is 0.0727. The molecule has 1 amide bonds. The van der Waals surface area contributed by atoms with Crippen molar-refractivity contribution in [3.63, 3.8) is 0 Å². The molecule has 3 aromatic carbocycles. The second-order valence-electron chi connectivity index (χ2n) is 8.58. The van der Waals surface area contributed by atoms with Gasteiger partial charge in [0.2, 0.25) is 0 Å². The van der Waals surface area contributed by atoms with Gasteiger partial charge in [0.15, 0.2) is 11.2 Å². The molecule has 4 rings (SSSR count). The van der Waals surface area contributed by atoms with Crippen LogP contribution in [0.4, 0.5) is 4.79 Å². The van der Waals surface area contributed by atoms with E-state index in [4.69, 9.17) is 9.47 Å². The number of ether oxygens (including phenoxy) is 2. The number of carbonyl (C=O) groups is 3. The van der Waals surface area contributed by atoms with Crippen molar-refractivity contribution in [2.75, 3.05) is 7.11 Å². The fourth-order valence-electron chi connectivity index (χ4n) is 4.55. The van der Waals surface area contributed by atoms with E-state index in [0.717, 1.165) is 22.3 Å². The summed E-state index contributed by atoms with van der Waals surface area (Å²) in [5, 5.41) is 2.83. The second-order valence-corrected chi connectivity index (χ2v) is 8.58. The highest BCUT2D eigenvalue weighted by molar-refractivity contribution is 6.17. The number of Topliss-reactive ketones (excluding diaryl/α,β-unsaturated/α-hetero) is 1. The molecule has 0 bridgehead atoms. The molecule has 0 saturated heterocycles. The summed E-state index contributed by atoms with van der Waals surface area (Å²) in [7, 11) is 1.26. The minimum Gasteiger partial charge on any atom is -0.468 e. The molecule has 1 N–H and O–H groups in total. The molecule has 6 nitrogen and oxygen atoms in total. The lowest BCUT2D eigenvalue weighted by atomic mass is 9.74. The number of fused-ring (bicyclic) bond motifs is 1. The molecule has 34 heavy (non-hydrogen) atoms. The third-order valence-electron chi connectivity index (χ3n) is 6.32. The molecule has 1 aliphatic rings. The molecule has 1 aliphatic carbocycles. The molecule has 2 atom stereocenters. The Kier molecular flexibility index (Phi) is 6.77. The molecule has 2 unspecified atom stereocenters. The minimum atomic E-state index is -1.59. The highest BCUT2D eigenvalue weighted by Crippen LogP contribution is 2.42. The highest BCUT2D eigenvalue weighted by Gasteiger charge is 2.58. The van der Waals surface area contributed by atoms with E-state index in [1.54, 1.807) is 6.07 Å². The monoisotopic (exact) mass is 457 g/mol. The molecule has 0 fully saturated rings. The van der Waals surface area contributed by atoms with Crippen LogP contribution in [0.3, 0.4) is 0 Å². The lowest BCUT2D eigenvalue weighted by Crippen LogP contribution is -2.57. The Morgan fingerprint density at radius 3 is 2.26 bits per heavy atom. The molecule has 0 spiro atoms. The molecule has 174 valence electrons. The number of carbonyl (C=O) groups excluding carboxylic acids is 3. The van der Waals surface area contributed by atoms with E-state index < -0.39 is 23.5 Å². The first-order valence-electron chi connectivity index (χ1n) is 11.2. The first-order chi connectivity index (χ1) is 16.4. The summed E-state index contributed by atoms with van der Waals surface area (Å²) in [6.07, 6.45) is -0.298. The fraction of sp³-hybridized carbons (Fsp3) is 0.250. The van der Waals surface area contributed by atoms with Crippen LogP contribution in [0.5, 0.6) is 0 Å². The zero-order valence-electron chi connectivity index (χ0n) is 19.2. The Morgan fingerprint density at radius 1 is 0.971 bits per heavy atom. The third kappa shape index (κ3) is 4.57. The van der Waals surface area contributed by atoms with Gasteiger partial charge in [-0.2, -0.15) is 0 Å². The van der Waals surface area contributed by atoms with Gasteiger partial charge >= 0.3 is 12.1 Å². The lowest BCUT2D eigenvalue weighted by molar-refractivity contribution is -0.150. The SMILES string of the molecule is COC(=O)C1(C(Cc2ccccc2)NC(=O)OCc2ccccc2)Cc2ccc(C)cc2C1=O. The normalized spacial score (nSPS) is 17.5. The van der Waals surface area contributed by atoms with E-state index in [9.17, 15) is 14.4 Å². The van der Waals surface area contributed by atoms with Gasteiger partial charge in [0.05, 0.1) is 13.2 Å². The van der Waals surface area contributed by atoms with E-state index in [2.05, 4.69) is 5.32 Å². The van der Waals surface area contributed by atoms with Crippen molar-refractivity contribution in [1.29, 1.82) is 0 Å². The van der Waals surface area contributed by atoms with Crippen LogP contribution in [0.25, 0.3) is 0 Å². The molecule has 6 heteroatoms. The Balaban J connectivity index is 1.67.